The lowest BCUT2D eigenvalue weighted by molar-refractivity contribution is -0.137. The first-order chi connectivity index (χ1) is 17.4. The number of rotatable bonds is 5. The quantitative estimate of drug-likeness (QED) is 0.306. The fourth-order valence-electron chi connectivity index (χ4n) is 3.65. The highest BCUT2D eigenvalue weighted by atomic mass is 32.2. The molecule has 2 N–H and O–H groups in total. The lowest BCUT2D eigenvalue weighted by Crippen LogP contribution is -2.15. The molecule has 3 aromatic rings. The molecule has 4 rings (SSSR count). The van der Waals surface area contributed by atoms with Crippen LogP contribution < -0.4 is 5.43 Å². The highest BCUT2D eigenvalue weighted by molar-refractivity contribution is 8.09. The Bertz CT molecular complexity index is 1570. The third kappa shape index (κ3) is 5.31. The summed E-state index contributed by atoms with van der Waals surface area (Å²) in [6, 6.07) is 13.1. The van der Waals surface area contributed by atoms with Crippen molar-refractivity contribution in [1.82, 2.24) is 0 Å². The Morgan fingerprint density at radius 2 is 1.54 bits per heavy atom. The van der Waals surface area contributed by atoms with Crippen molar-refractivity contribution in [3.05, 3.63) is 113 Å². The predicted octanol–water partition coefficient (Wildman–Crippen LogP) is 6.13. The number of hydrogen-bond acceptors (Lipinski definition) is 5. The van der Waals surface area contributed by atoms with Crippen molar-refractivity contribution in [3.63, 3.8) is 0 Å². The second-order valence-electron chi connectivity index (χ2n) is 8.06. The van der Waals surface area contributed by atoms with E-state index in [1.54, 1.807) is 13.0 Å². The van der Waals surface area contributed by atoms with Crippen molar-refractivity contribution in [2.45, 2.75) is 13.1 Å². The number of para-hydroxylation sites is 1. The van der Waals surface area contributed by atoms with Gasteiger partial charge in [0.25, 0.3) is 0 Å². The van der Waals surface area contributed by atoms with Gasteiger partial charge in [0.2, 0.25) is 9.84 Å². The van der Waals surface area contributed by atoms with E-state index < -0.39 is 38.3 Å². The molecule has 0 bridgehead atoms. The number of benzene rings is 3. The number of alkyl halides is 3. The molecular formula is C26H18F4N2O4S. The summed E-state index contributed by atoms with van der Waals surface area (Å²) in [5.74, 6) is -1.83. The molecule has 0 atom stereocenters. The molecule has 3 aromatic carbocycles. The Labute approximate surface area is 209 Å². The van der Waals surface area contributed by atoms with E-state index in [1.165, 1.54) is 48.5 Å². The molecule has 0 saturated carbocycles. The molecule has 6 nitrogen and oxygen atoms in total. The molecule has 0 fully saturated rings. The summed E-state index contributed by atoms with van der Waals surface area (Å²) in [6.07, 6.45) is -2.45. The number of halogens is 4. The summed E-state index contributed by atoms with van der Waals surface area (Å²) in [4.78, 5) is 10.4. The smallest absolute Gasteiger partial charge is 0.416 e. The maximum atomic E-state index is 14.3. The van der Waals surface area contributed by atoms with Crippen LogP contribution in [0, 0.1) is 12.7 Å². The van der Waals surface area contributed by atoms with Crippen molar-refractivity contribution in [2.24, 2.45) is 5.10 Å². The van der Waals surface area contributed by atoms with Gasteiger partial charge in [-0.1, -0.05) is 36.4 Å². The Morgan fingerprint density at radius 1 is 0.919 bits per heavy atom. The van der Waals surface area contributed by atoms with Crippen molar-refractivity contribution >= 4 is 37.0 Å². The van der Waals surface area contributed by atoms with Crippen LogP contribution in [0.4, 0.5) is 23.2 Å². The van der Waals surface area contributed by atoms with Crippen molar-refractivity contribution in [2.75, 3.05) is 5.43 Å². The van der Waals surface area contributed by atoms with Gasteiger partial charge in [-0.25, -0.2) is 17.6 Å². The number of carboxylic acid groups (broad SMARTS) is 1. The minimum absolute atomic E-state index is 0.0119. The summed E-state index contributed by atoms with van der Waals surface area (Å²) in [7, 11) is -4.37. The zero-order chi connectivity index (χ0) is 27.0. The number of nitrogens with one attached hydrogen (secondary N) is 1. The molecule has 0 saturated heterocycles. The molecule has 0 spiro atoms. The lowest BCUT2D eigenvalue weighted by atomic mass is 10.1. The van der Waals surface area contributed by atoms with Crippen LogP contribution in [0.25, 0.3) is 9.81 Å². The number of hydrazone groups is 1. The average Bonchev–Trinajstić information content (AvgIpc) is 2.84. The fourth-order valence-corrected chi connectivity index (χ4v) is 5.32. The maximum absolute atomic E-state index is 14.3. The van der Waals surface area contributed by atoms with Crippen LogP contribution >= 0.6 is 0 Å². The van der Waals surface area contributed by atoms with Crippen molar-refractivity contribution in [1.29, 1.82) is 0 Å². The SMILES string of the molecule is Cc1cccc(F)c1N/N=C1\C=C(c2ccc(C(=O)O)cc2)S(=O)(=O)C(c2cccc(C(F)(F)F)c2)=C1. The number of carboxylic acids is 1. The highest BCUT2D eigenvalue weighted by Gasteiger charge is 2.34. The van der Waals surface area contributed by atoms with Gasteiger partial charge in [0.1, 0.15) is 5.82 Å². The number of hydrogen-bond donors (Lipinski definition) is 2. The second kappa shape index (κ2) is 9.66. The largest absolute Gasteiger partial charge is 0.478 e. The number of aromatic carboxylic acids is 1. The molecule has 1 aliphatic rings. The van der Waals surface area contributed by atoms with Crippen LogP contribution in [0.15, 0.2) is 84.0 Å². The summed E-state index contributed by atoms with van der Waals surface area (Å²) in [5, 5.41) is 13.2. The topological polar surface area (TPSA) is 95.8 Å². The normalized spacial score (nSPS) is 16.2. The molecule has 1 heterocycles. The van der Waals surface area contributed by atoms with E-state index in [0.29, 0.717) is 11.6 Å². The van der Waals surface area contributed by atoms with Gasteiger partial charge in [-0.15, -0.1) is 0 Å². The van der Waals surface area contributed by atoms with Crippen LogP contribution in [0.5, 0.6) is 0 Å². The molecular weight excluding hydrogens is 512 g/mol. The first-order valence-corrected chi connectivity index (χ1v) is 12.1. The Kier molecular flexibility index (Phi) is 6.74. The molecule has 0 unspecified atom stereocenters. The summed E-state index contributed by atoms with van der Waals surface area (Å²) < 4.78 is 81.4. The number of anilines is 1. The zero-order valence-electron chi connectivity index (χ0n) is 19.0. The third-order valence-corrected chi connectivity index (χ3v) is 7.41. The molecule has 1 aliphatic heterocycles. The maximum Gasteiger partial charge on any atom is 0.416 e. The number of nitrogens with zero attached hydrogens (tertiary/aromatic N) is 1. The minimum atomic E-state index is -4.71. The van der Waals surface area contributed by atoms with Crippen LogP contribution in [0.3, 0.4) is 0 Å². The van der Waals surface area contributed by atoms with Crippen molar-refractivity contribution in [3.8, 4) is 0 Å². The fraction of sp³-hybridized carbons (Fsp3) is 0.0769. The van der Waals surface area contributed by atoms with E-state index in [-0.39, 0.29) is 33.0 Å². The molecule has 0 radical (unpaired) electrons. The summed E-state index contributed by atoms with van der Waals surface area (Å²) in [6.45, 7) is 1.63. The standard InChI is InChI=1S/C26H18F4N2O4S/c1-15-4-2-7-21(27)24(15)32-31-20-13-22(16-8-10-17(11-9-16)25(33)34)37(35,36)23(14-20)18-5-3-6-19(12-18)26(28,29)30/h2-14,32H,1H3,(H,33,34)/b31-20+. The Morgan fingerprint density at radius 3 is 2.14 bits per heavy atom. The number of sulfone groups is 1. The van der Waals surface area contributed by atoms with Crippen LogP contribution in [0.1, 0.15) is 32.6 Å². The first-order valence-electron chi connectivity index (χ1n) is 10.7. The molecule has 0 aliphatic carbocycles. The van der Waals surface area contributed by atoms with Gasteiger partial charge >= 0.3 is 12.1 Å². The van der Waals surface area contributed by atoms with Gasteiger partial charge in [-0.05, 0) is 66.1 Å². The van der Waals surface area contributed by atoms with Gasteiger partial charge in [-0.3, -0.25) is 5.43 Å². The van der Waals surface area contributed by atoms with Gasteiger partial charge in [-0.2, -0.15) is 18.3 Å². The average molecular weight is 530 g/mol. The van der Waals surface area contributed by atoms with E-state index in [9.17, 15) is 30.8 Å². The van der Waals surface area contributed by atoms with E-state index >= 15 is 0 Å². The Hall–Kier alpha value is -4.25. The predicted molar refractivity (Wildman–Crippen MR) is 132 cm³/mol. The van der Waals surface area contributed by atoms with Gasteiger partial charge in [0, 0.05) is 0 Å². The molecule has 190 valence electrons. The number of allylic oxidation sites excluding steroid dienone is 2. The minimum Gasteiger partial charge on any atom is -0.478 e. The lowest BCUT2D eigenvalue weighted by Gasteiger charge is -2.19. The summed E-state index contributed by atoms with van der Waals surface area (Å²) >= 11 is 0. The second-order valence-corrected chi connectivity index (χ2v) is 9.95. The van der Waals surface area contributed by atoms with Gasteiger partial charge < -0.3 is 5.11 Å². The van der Waals surface area contributed by atoms with E-state index in [4.69, 9.17) is 5.11 Å². The molecule has 0 amide bonds. The van der Waals surface area contributed by atoms with Crippen molar-refractivity contribution < 1.29 is 35.9 Å². The first kappa shape index (κ1) is 25.8. The molecule has 37 heavy (non-hydrogen) atoms. The highest BCUT2D eigenvalue weighted by Crippen LogP contribution is 2.38. The number of carbonyl (C=O) groups is 1. The van der Waals surface area contributed by atoms with E-state index in [1.807, 2.05) is 0 Å². The number of aryl methyl sites for hydroxylation is 1. The van der Waals surface area contributed by atoms with Crippen LogP contribution in [0.2, 0.25) is 0 Å². The summed E-state index contributed by atoms with van der Waals surface area (Å²) in [5.41, 5.74) is 1.84. The van der Waals surface area contributed by atoms with E-state index in [0.717, 1.165) is 18.2 Å². The molecule has 0 aromatic heterocycles. The third-order valence-electron chi connectivity index (χ3n) is 5.55. The monoisotopic (exact) mass is 530 g/mol. The molecule has 11 heteroatoms. The van der Waals surface area contributed by atoms with Gasteiger partial charge in [0.15, 0.2) is 0 Å². The Balaban J connectivity index is 1.88. The zero-order valence-corrected chi connectivity index (χ0v) is 19.9. The van der Waals surface area contributed by atoms with E-state index in [2.05, 4.69) is 10.5 Å². The van der Waals surface area contributed by atoms with Crippen LogP contribution in [-0.4, -0.2) is 25.2 Å². The van der Waals surface area contributed by atoms with Crippen LogP contribution in [-0.2, 0) is 16.0 Å². The van der Waals surface area contributed by atoms with Gasteiger partial charge in [0.05, 0.1) is 32.3 Å².